The van der Waals surface area contributed by atoms with Gasteiger partial charge in [-0.25, -0.2) is 0 Å². The number of carboxylic acids is 1. The van der Waals surface area contributed by atoms with E-state index in [-0.39, 0.29) is 23.9 Å². The summed E-state index contributed by atoms with van der Waals surface area (Å²) < 4.78 is 12.1. The lowest BCUT2D eigenvalue weighted by Gasteiger charge is -2.33. The fourth-order valence-electron chi connectivity index (χ4n) is 7.66. The van der Waals surface area contributed by atoms with E-state index in [2.05, 4.69) is 64.1 Å². The summed E-state index contributed by atoms with van der Waals surface area (Å²) in [5.41, 5.74) is 8.20. The number of piperidine rings is 1. The van der Waals surface area contributed by atoms with Crippen LogP contribution in [0.2, 0.25) is 10.0 Å². The fourth-order valence-corrected chi connectivity index (χ4v) is 8.21. The number of hydrogen-bond acceptors (Lipinski definition) is 7. The number of pyridine rings is 1. The molecule has 3 aromatic carbocycles. The summed E-state index contributed by atoms with van der Waals surface area (Å²) in [4.78, 5) is 29.9. The zero-order valence-electron chi connectivity index (χ0n) is 28.6. The van der Waals surface area contributed by atoms with E-state index in [4.69, 9.17) is 32.7 Å². The van der Waals surface area contributed by atoms with Crippen LogP contribution in [-0.2, 0) is 29.1 Å². The first-order valence-corrected chi connectivity index (χ1v) is 18.4. The highest BCUT2D eigenvalue weighted by atomic mass is 35.5. The average molecular weight is 730 g/mol. The molecule has 1 aliphatic carbocycles. The predicted molar refractivity (Wildman–Crippen MR) is 198 cm³/mol. The number of carboxylic acid groups (broad SMARTS) is 1. The van der Waals surface area contributed by atoms with Crippen molar-refractivity contribution < 1.29 is 24.2 Å². The number of nitrogens with one attached hydrogen (secondary N) is 2. The van der Waals surface area contributed by atoms with Gasteiger partial charge in [0.1, 0.15) is 17.2 Å². The van der Waals surface area contributed by atoms with Crippen LogP contribution in [0.15, 0.2) is 66.7 Å². The second-order valence-corrected chi connectivity index (χ2v) is 14.4. The van der Waals surface area contributed by atoms with Crippen molar-refractivity contribution in [1.29, 1.82) is 0 Å². The van der Waals surface area contributed by atoms with E-state index in [1.54, 1.807) is 13.2 Å². The van der Waals surface area contributed by atoms with Crippen LogP contribution in [0.3, 0.4) is 0 Å². The molecule has 3 aliphatic rings. The molecule has 2 saturated heterocycles. The largest absolute Gasteiger partial charge is 0.481 e. The minimum absolute atomic E-state index is 0.132. The smallest absolute Gasteiger partial charge is 0.320 e. The maximum Gasteiger partial charge on any atom is 0.320 e. The fraction of sp³-hybridized carbons (Fsp3) is 0.375. The van der Waals surface area contributed by atoms with Crippen LogP contribution >= 0.6 is 23.2 Å². The highest BCUT2D eigenvalue weighted by molar-refractivity contribution is 6.36. The van der Waals surface area contributed by atoms with Crippen LogP contribution < -0.4 is 20.1 Å². The normalized spacial score (nSPS) is 20.2. The molecule has 0 radical (unpaired) electrons. The van der Waals surface area contributed by atoms with Gasteiger partial charge in [0.25, 0.3) is 0 Å². The predicted octanol–water partition coefficient (Wildman–Crippen LogP) is 7.60. The van der Waals surface area contributed by atoms with Crippen molar-refractivity contribution in [3.8, 4) is 34.0 Å². The first-order valence-electron chi connectivity index (χ1n) is 17.7. The number of halogens is 2. The number of benzene rings is 3. The summed E-state index contributed by atoms with van der Waals surface area (Å²) in [6, 6.07) is 22.3. The summed E-state index contributed by atoms with van der Waals surface area (Å²) in [5.74, 6) is -0.0142. The quantitative estimate of drug-likeness (QED) is 0.137. The van der Waals surface area contributed by atoms with Crippen LogP contribution in [0.25, 0.3) is 22.3 Å². The van der Waals surface area contributed by atoms with Crippen LogP contribution in [0.1, 0.15) is 66.9 Å². The monoisotopic (exact) mass is 728 g/mol. The molecule has 2 fully saturated rings. The summed E-state index contributed by atoms with van der Waals surface area (Å²) in [5, 5.41) is 17.2. The zero-order chi connectivity index (χ0) is 35.5. The van der Waals surface area contributed by atoms with Gasteiger partial charge in [0.2, 0.25) is 17.7 Å². The van der Waals surface area contributed by atoms with Crippen molar-refractivity contribution in [1.82, 2.24) is 20.5 Å². The van der Waals surface area contributed by atoms with E-state index in [1.807, 2.05) is 17.0 Å². The number of ether oxygens (including phenoxy) is 2. The van der Waals surface area contributed by atoms with Gasteiger partial charge in [-0.15, -0.1) is 0 Å². The number of likely N-dealkylation sites (tertiary alicyclic amines) is 1. The van der Waals surface area contributed by atoms with Crippen molar-refractivity contribution in [2.24, 2.45) is 0 Å². The molecule has 2 aliphatic heterocycles. The van der Waals surface area contributed by atoms with Crippen LogP contribution in [0, 0.1) is 0 Å². The summed E-state index contributed by atoms with van der Waals surface area (Å²) in [6.07, 6.45) is 5.25. The van der Waals surface area contributed by atoms with Crippen LogP contribution in [0.5, 0.6) is 11.8 Å². The Hall–Kier alpha value is -4.15. The lowest BCUT2D eigenvalue weighted by atomic mass is 9.93. The van der Waals surface area contributed by atoms with Gasteiger partial charge in [0, 0.05) is 48.8 Å². The van der Waals surface area contributed by atoms with Gasteiger partial charge in [0.15, 0.2) is 0 Å². The van der Waals surface area contributed by atoms with Crippen molar-refractivity contribution in [3.05, 3.63) is 99.0 Å². The molecule has 0 spiro atoms. The molecule has 1 aromatic heterocycles. The Labute approximate surface area is 308 Å². The van der Waals surface area contributed by atoms with E-state index in [0.29, 0.717) is 41.9 Å². The van der Waals surface area contributed by atoms with Crippen molar-refractivity contribution >= 4 is 35.1 Å². The second kappa shape index (κ2) is 15.6. The average Bonchev–Trinajstić information content (AvgIpc) is 3.75. The number of fused-ring (bicyclic) bond motifs is 1. The Morgan fingerprint density at radius 2 is 1.76 bits per heavy atom. The molecule has 0 saturated carbocycles. The number of amides is 1. The molecule has 3 atom stereocenters. The molecule has 1 amide bonds. The summed E-state index contributed by atoms with van der Waals surface area (Å²) in [6.45, 7) is 2.56. The highest BCUT2D eigenvalue weighted by Crippen LogP contribution is 2.45. The highest BCUT2D eigenvalue weighted by Gasteiger charge is 2.31. The van der Waals surface area contributed by atoms with E-state index in [0.717, 1.165) is 84.1 Å². The van der Waals surface area contributed by atoms with Gasteiger partial charge in [-0.05, 0) is 72.5 Å². The van der Waals surface area contributed by atoms with Crippen molar-refractivity contribution in [2.75, 3.05) is 20.2 Å². The molecule has 9 nitrogen and oxygen atoms in total. The van der Waals surface area contributed by atoms with Crippen LogP contribution in [-0.4, -0.2) is 59.1 Å². The molecule has 0 unspecified atom stereocenters. The molecule has 7 rings (SSSR count). The maximum absolute atomic E-state index is 11.9. The molecule has 51 heavy (non-hydrogen) atoms. The van der Waals surface area contributed by atoms with Gasteiger partial charge in [-0.3, -0.25) is 14.5 Å². The third kappa shape index (κ3) is 7.72. The number of aromatic nitrogens is 1. The second-order valence-electron chi connectivity index (χ2n) is 13.6. The molecule has 4 aromatic rings. The van der Waals surface area contributed by atoms with E-state index >= 15 is 0 Å². The first-order chi connectivity index (χ1) is 24.8. The minimum atomic E-state index is -0.813. The number of rotatable bonds is 12. The number of carbonyl (C=O) groups excluding carboxylic acids is 1. The molecule has 266 valence electrons. The number of methoxy groups -OCH3 is 1. The van der Waals surface area contributed by atoms with E-state index < -0.39 is 12.0 Å². The lowest BCUT2D eigenvalue weighted by molar-refractivity contribution is -0.144. The Morgan fingerprint density at radius 1 is 0.980 bits per heavy atom. The minimum Gasteiger partial charge on any atom is -0.481 e. The number of hydrogen-bond donors (Lipinski definition) is 3. The third-order valence-electron chi connectivity index (χ3n) is 10.3. The Bertz CT molecular complexity index is 1920. The number of aliphatic carboxylic acids is 1. The van der Waals surface area contributed by atoms with Gasteiger partial charge < -0.3 is 25.2 Å². The molecular weight excluding hydrogens is 687 g/mol. The zero-order valence-corrected chi connectivity index (χ0v) is 30.1. The molecule has 3 N–H and O–H groups in total. The van der Waals surface area contributed by atoms with Crippen molar-refractivity contribution in [3.63, 3.8) is 0 Å². The number of carbonyl (C=O) groups is 2. The topological polar surface area (TPSA) is 113 Å². The lowest BCUT2D eigenvalue weighted by Crippen LogP contribution is -2.44. The first kappa shape index (κ1) is 35.3. The van der Waals surface area contributed by atoms with E-state index in [1.165, 1.54) is 5.56 Å². The standard InChI is InChI=1S/C40H42Cl2N4O5/c1-50-38-26(23-46-19-3-2-10-34(46)40(48)49)20-33(41)39(45-38)51-35-17-16-30-29(7-5-8-31(30)35)32-9-4-6-28(37(32)42)25-13-11-24(12-14-25)21-43-22-27-15-18-36(47)44-27/h4-9,11-14,20,27,34-35,43H,2-3,10,15-19,21-23H2,1H3,(H,44,47)(H,48,49)/t27-,34-,35-/m0/s1. The SMILES string of the molecule is COc1nc(O[C@H]2CCc3c(-c4cccc(-c5ccc(CNC[C@@H]6CCC(=O)N6)cc5)c4Cl)cccc32)c(Cl)cc1CN1CCCC[C@H]1C(=O)O. The Morgan fingerprint density at radius 3 is 2.53 bits per heavy atom. The van der Waals surface area contributed by atoms with Gasteiger partial charge >= 0.3 is 5.97 Å². The Balaban J connectivity index is 1.07. The summed E-state index contributed by atoms with van der Waals surface area (Å²) >= 11 is 13.9. The molecular formula is C40H42Cl2N4O5. The molecule has 3 heterocycles. The van der Waals surface area contributed by atoms with Crippen LogP contribution in [0.4, 0.5) is 0 Å². The molecule has 11 heteroatoms. The Kier molecular flexibility index (Phi) is 10.8. The summed E-state index contributed by atoms with van der Waals surface area (Å²) in [7, 11) is 1.55. The van der Waals surface area contributed by atoms with Gasteiger partial charge in [-0.1, -0.05) is 90.3 Å². The maximum atomic E-state index is 11.9. The third-order valence-corrected chi connectivity index (χ3v) is 11.0. The molecule has 0 bridgehead atoms. The number of nitrogens with zero attached hydrogens (tertiary/aromatic N) is 2. The van der Waals surface area contributed by atoms with Gasteiger partial charge in [0.05, 0.1) is 12.1 Å². The van der Waals surface area contributed by atoms with Gasteiger partial charge in [-0.2, -0.15) is 4.98 Å². The van der Waals surface area contributed by atoms with Crippen molar-refractivity contribution in [2.45, 2.75) is 76.2 Å². The van der Waals surface area contributed by atoms with E-state index in [9.17, 15) is 14.7 Å².